The summed E-state index contributed by atoms with van der Waals surface area (Å²) in [7, 11) is 1.60. The second-order valence-corrected chi connectivity index (χ2v) is 6.27. The van der Waals surface area contributed by atoms with E-state index in [-0.39, 0.29) is 12.5 Å². The zero-order valence-corrected chi connectivity index (χ0v) is 15.8. The molecular formula is C21H25N3O3. The van der Waals surface area contributed by atoms with Gasteiger partial charge in [-0.3, -0.25) is 9.78 Å². The van der Waals surface area contributed by atoms with Crippen molar-refractivity contribution < 1.29 is 14.3 Å². The highest BCUT2D eigenvalue weighted by Gasteiger charge is 2.22. The molecule has 1 aromatic carbocycles. The van der Waals surface area contributed by atoms with Crippen molar-refractivity contribution in [3.8, 4) is 11.5 Å². The summed E-state index contributed by atoms with van der Waals surface area (Å²) in [6, 6.07) is 9.65. The number of pyridine rings is 1. The molecule has 2 aromatic rings. The van der Waals surface area contributed by atoms with E-state index < -0.39 is 0 Å². The summed E-state index contributed by atoms with van der Waals surface area (Å²) in [6.45, 7) is 4.94. The van der Waals surface area contributed by atoms with E-state index in [4.69, 9.17) is 9.47 Å². The minimum Gasteiger partial charge on any atom is -0.493 e. The third kappa shape index (κ3) is 4.78. The van der Waals surface area contributed by atoms with Gasteiger partial charge in [-0.25, -0.2) is 0 Å². The van der Waals surface area contributed by atoms with Gasteiger partial charge in [0.1, 0.15) is 0 Å². The van der Waals surface area contributed by atoms with Crippen LogP contribution in [0.5, 0.6) is 11.5 Å². The Morgan fingerprint density at radius 2 is 1.85 bits per heavy atom. The van der Waals surface area contributed by atoms with Crippen LogP contribution < -0.4 is 14.4 Å². The summed E-state index contributed by atoms with van der Waals surface area (Å²) in [5.74, 6) is 1.19. The molecule has 27 heavy (non-hydrogen) atoms. The first kappa shape index (κ1) is 18.8. The van der Waals surface area contributed by atoms with Crippen LogP contribution in [-0.4, -0.2) is 55.7 Å². The maximum atomic E-state index is 12.5. The van der Waals surface area contributed by atoms with Crippen LogP contribution in [0.4, 0.5) is 5.69 Å². The van der Waals surface area contributed by atoms with Crippen molar-refractivity contribution in [2.45, 2.75) is 6.92 Å². The topological polar surface area (TPSA) is 54.9 Å². The average Bonchev–Trinajstić information content (AvgIpc) is 2.73. The van der Waals surface area contributed by atoms with Crippen molar-refractivity contribution in [3.63, 3.8) is 0 Å². The molecule has 0 bridgehead atoms. The van der Waals surface area contributed by atoms with E-state index in [0.717, 1.165) is 24.3 Å². The van der Waals surface area contributed by atoms with Crippen molar-refractivity contribution in [3.05, 3.63) is 54.4 Å². The van der Waals surface area contributed by atoms with Crippen molar-refractivity contribution in [2.75, 3.05) is 44.8 Å². The van der Waals surface area contributed by atoms with Crippen LogP contribution in [-0.2, 0) is 4.79 Å². The smallest absolute Gasteiger partial charge is 0.260 e. The van der Waals surface area contributed by atoms with E-state index in [0.29, 0.717) is 24.6 Å². The lowest BCUT2D eigenvalue weighted by Crippen LogP contribution is -2.50. The van der Waals surface area contributed by atoms with Gasteiger partial charge in [0.15, 0.2) is 18.1 Å². The number of ether oxygens (including phenoxy) is 2. The van der Waals surface area contributed by atoms with Crippen LogP contribution in [0.2, 0.25) is 0 Å². The number of methoxy groups -OCH3 is 1. The Kier molecular flexibility index (Phi) is 6.30. The fourth-order valence-corrected chi connectivity index (χ4v) is 3.10. The van der Waals surface area contributed by atoms with Gasteiger partial charge < -0.3 is 19.3 Å². The minimum atomic E-state index is -0.0102. The summed E-state index contributed by atoms with van der Waals surface area (Å²) in [5.41, 5.74) is 2.17. The molecule has 6 heteroatoms. The molecule has 1 aromatic heterocycles. The Hall–Kier alpha value is -3.02. The number of rotatable bonds is 6. The molecule has 0 N–H and O–H groups in total. The van der Waals surface area contributed by atoms with E-state index in [9.17, 15) is 4.79 Å². The highest BCUT2D eigenvalue weighted by molar-refractivity contribution is 5.78. The predicted octanol–water partition coefficient (Wildman–Crippen LogP) is 2.85. The molecule has 1 aliphatic heterocycles. The van der Waals surface area contributed by atoms with Crippen LogP contribution >= 0.6 is 0 Å². The number of amides is 1. The van der Waals surface area contributed by atoms with E-state index in [1.165, 1.54) is 0 Å². The molecular weight excluding hydrogens is 342 g/mol. The van der Waals surface area contributed by atoms with Gasteiger partial charge in [0.2, 0.25) is 0 Å². The Morgan fingerprint density at radius 1 is 1.11 bits per heavy atom. The van der Waals surface area contributed by atoms with Crippen LogP contribution in [0.15, 0.2) is 48.8 Å². The van der Waals surface area contributed by atoms with Gasteiger partial charge in [0, 0.05) is 44.3 Å². The van der Waals surface area contributed by atoms with Crippen LogP contribution in [0.1, 0.15) is 12.5 Å². The summed E-state index contributed by atoms with van der Waals surface area (Å²) in [6.07, 6.45) is 7.52. The molecule has 1 fully saturated rings. The van der Waals surface area contributed by atoms with Crippen LogP contribution in [0.25, 0.3) is 6.08 Å². The number of aromatic nitrogens is 1. The van der Waals surface area contributed by atoms with Crippen molar-refractivity contribution >= 4 is 17.7 Å². The number of nitrogens with zero attached hydrogens (tertiary/aromatic N) is 3. The minimum absolute atomic E-state index is 0.00851. The summed E-state index contributed by atoms with van der Waals surface area (Å²) in [4.78, 5) is 20.7. The highest BCUT2D eigenvalue weighted by atomic mass is 16.5. The lowest BCUT2D eigenvalue weighted by molar-refractivity contribution is -0.133. The van der Waals surface area contributed by atoms with Crippen molar-refractivity contribution in [1.29, 1.82) is 0 Å². The lowest BCUT2D eigenvalue weighted by Gasteiger charge is -2.36. The summed E-state index contributed by atoms with van der Waals surface area (Å²) < 4.78 is 11.1. The van der Waals surface area contributed by atoms with Gasteiger partial charge in [-0.2, -0.15) is 0 Å². The largest absolute Gasteiger partial charge is 0.493 e. The zero-order valence-electron chi connectivity index (χ0n) is 15.8. The van der Waals surface area contributed by atoms with Gasteiger partial charge in [-0.05, 0) is 36.8 Å². The van der Waals surface area contributed by atoms with Crippen molar-refractivity contribution in [1.82, 2.24) is 9.88 Å². The molecule has 6 nitrogen and oxygen atoms in total. The first-order chi connectivity index (χ1) is 13.2. The second kappa shape index (κ2) is 9.07. The third-order valence-corrected chi connectivity index (χ3v) is 4.56. The van der Waals surface area contributed by atoms with Gasteiger partial charge in [0.25, 0.3) is 5.91 Å². The molecule has 1 aliphatic rings. The van der Waals surface area contributed by atoms with Crippen molar-refractivity contribution in [2.24, 2.45) is 0 Å². The summed E-state index contributed by atoms with van der Waals surface area (Å²) in [5, 5.41) is 0. The maximum absolute atomic E-state index is 12.5. The number of hydrogen-bond donors (Lipinski definition) is 0. The number of piperazine rings is 1. The molecule has 0 atom stereocenters. The number of carbonyl (C=O) groups excluding carboxylic acids is 1. The summed E-state index contributed by atoms with van der Waals surface area (Å²) >= 11 is 0. The maximum Gasteiger partial charge on any atom is 0.260 e. The molecule has 0 saturated carbocycles. The molecule has 1 amide bonds. The molecule has 0 aliphatic carbocycles. The fourth-order valence-electron chi connectivity index (χ4n) is 3.10. The molecule has 0 radical (unpaired) electrons. The first-order valence-corrected chi connectivity index (χ1v) is 9.07. The van der Waals surface area contributed by atoms with E-state index in [1.807, 2.05) is 54.3 Å². The normalized spacial score (nSPS) is 14.4. The highest BCUT2D eigenvalue weighted by Crippen LogP contribution is 2.28. The first-order valence-electron chi connectivity index (χ1n) is 9.07. The van der Waals surface area contributed by atoms with E-state index >= 15 is 0 Å². The number of anilines is 1. The molecule has 2 heterocycles. The number of allylic oxidation sites excluding steroid dienone is 1. The molecule has 3 rings (SSSR count). The SMILES string of the molecule is C/C=C/c1ccc(OCC(=O)N2CCN(c3ccncc3)CC2)c(OC)c1. The Morgan fingerprint density at radius 3 is 2.52 bits per heavy atom. The molecule has 0 unspecified atom stereocenters. The number of hydrogen-bond acceptors (Lipinski definition) is 5. The molecule has 1 saturated heterocycles. The third-order valence-electron chi connectivity index (χ3n) is 4.56. The zero-order chi connectivity index (χ0) is 19.1. The van der Waals surface area contributed by atoms with Crippen LogP contribution in [0, 0.1) is 0 Å². The van der Waals surface area contributed by atoms with Gasteiger partial charge >= 0.3 is 0 Å². The average molecular weight is 367 g/mol. The predicted molar refractivity (Wildman–Crippen MR) is 106 cm³/mol. The van der Waals surface area contributed by atoms with Gasteiger partial charge in [-0.1, -0.05) is 18.2 Å². The Labute approximate surface area is 160 Å². The number of benzene rings is 1. The lowest BCUT2D eigenvalue weighted by atomic mass is 10.2. The van der Waals surface area contributed by atoms with Gasteiger partial charge in [0.05, 0.1) is 7.11 Å². The monoisotopic (exact) mass is 367 g/mol. The second-order valence-electron chi connectivity index (χ2n) is 6.27. The Balaban J connectivity index is 1.53. The van der Waals surface area contributed by atoms with E-state index in [1.54, 1.807) is 19.5 Å². The van der Waals surface area contributed by atoms with E-state index in [2.05, 4.69) is 9.88 Å². The quantitative estimate of drug-likeness (QED) is 0.786. The standard InChI is InChI=1S/C21H25N3O3/c1-3-4-17-5-6-19(20(15-17)26-2)27-16-21(25)24-13-11-23(12-14-24)18-7-9-22-10-8-18/h3-10,15H,11-14,16H2,1-2H3/b4-3+. The number of carbonyl (C=O) groups is 1. The van der Waals surface area contributed by atoms with Crippen LogP contribution in [0.3, 0.4) is 0 Å². The fraction of sp³-hybridized carbons (Fsp3) is 0.333. The molecule has 142 valence electrons. The Bertz CT molecular complexity index is 785. The van der Waals surface area contributed by atoms with Gasteiger partial charge in [-0.15, -0.1) is 0 Å². The molecule has 0 spiro atoms.